The number of carbonyl (C=O) groups excluding carboxylic acids is 1. The average molecular weight is 394 g/mol. The van der Waals surface area contributed by atoms with Crippen molar-refractivity contribution in [3.8, 4) is 0 Å². The maximum atomic E-state index is 12.4. The SMILES string of the molecule is CCC(NC(=O)CSc1nc(C)cc(C)n1)(C(=O)O)c1ccc(Cl)cc1. The monoisotopic (exact) mass is 393 g/mol. The summed E-state index contributed by atoms with van der Waals surface area (Å²) in [5.74, 6) is -1.51. The molecule has 8 heteroatoms. The molecular formula is C18H20ClN3O3S. The fourth-order valence-electron chi connectivity index (χ4n) is 2.59. The lowest BCUT2D eigenvalue weighted by molar-refractivity contribution is -0.148. The Morgan fingerprint density at radius 1 is 1.19 bits per heavy atom. The number of hydrogen-bond acceptors (Lipinski definition) is 5. The van der Waals surface area contributed by atoms with Gasteiger partial charge in [0.25, 0.3) is 0 Å². The lowest BCUT2D eigenvalue weighted by Crippen LogP contribution is -2.52. The van der Waals surface area contributed by atoms with Crippen molar-refractivity contribution >= 4 is 35.2 Å². The number of nitrogens with one attached hydrogen (secondary N) is 1. The number of rotatable bonds is 7. The summed E-state index contributed by atoms with van der Waals surface area (Å²) in [6.45, 7) is 5.42. The molecular weight excluding hydrogens is 374 g/mol. The Morgan fingerprint density at radius 3 is 2.27 bits per heavy atom. The van der Waals surface area contributed by atoms with Crippen molar-refractivity contribution < 1.29 is 14.7 Å². The lowest BCUT2D eigenvalue weighted by atomic mass is 9.87. The number of amides is 1. The quantitative estimate of drug-likeness (QED) is 0.553. The number of halogens is 1. The van der Waals surface area contributed by atoms with Crippen LogP contribution in [0.15, 0.2) is 35.5 Å². The van der Waals surface area contributed by atoms with Crippen molar-refractivity contribution in [2.45, 2.75) is 37.9 Å². The molecule has 1 aromatic heterocycles. The number of benzene rings is 1. The summed E-state index contributed by atoms with van der Waals surface area (Å²) in [6, 6.07) is 8.28. The molecule has 26 heavy (non-hydrogen) atoms. The van der Waals surface area contributed by atoms with Crippen molar-refractivity contribution in [3.63, 3.8) is 0 Å². The summed E-state index contributed by atoms with van der Waals surface area (Å²) in [4.78, 5) is 32.9. The van der Waals surface area contributed by atoms with Crippen LogP contribution in [0.5, 0.6) is 0 Å². The Hall–Kier alpha value is -2.12. The van der Waals surface area contributed by atoms with E-state index in [0.717, 1.165) is 11.4 Å². The summed E-state index contributed by atoms with van der Waals surface area (Å²) in [5.41, 5.74) is 0.592. The number of hydrogen-bond donors (Lipinski definition) is 2. The smallest absolute Gasteiger partial charge is 0.334 e. The Balaban J connectivity index is 2.16. The first-order chi connectivity index (χ1) is 12.3. The minimum absolute atomic E-state index is 0.0194. The predicted octanol–water partition coefficient (Wildman–Crippen LogP) is 3.35. The van der Waals surface area contributed by atoms with E-state index in [1.807, 2.05) is 19.9 Å². The molecule has 0 bridgehead atoms. The number of carbonyl (C=O) groups is 2. The third-order valence-electron chi connectivity index (χ3n) is 3.88. The van der Waals surface area contributed by atoms with Crippen molar-refractivity contribution in [3.05, 3.63) is 52.3 Å². The van der Waals surface area contributed by atoms with E-state index in [2.05, 4.69) is 15.3 Å². The first-order valence-electron chi connectivity index (χ1n) is 8.02. The van der Waals surface area contributed by atoms with Gasteiger partial charge in [0.15, 0.2) is 10.7 Å². The van der Waals surface area contributed by atoms with Gasteiger partial charge >= 0.3 is 5.97 Å². The maximum absolute atomic E-state index is 12.4. The van der Waals surface area contributed by atoms with Crippen LogP contribution in [0.25, 0.3) is 0 Å². The number of aliphatic carboxylic acids is 1. The molecule has 0 saturated heterocycles. The van der Waals surface area contributed by atoms with Crippen LogP contribution in [0.3, 0.4) is 0 Å². The van der Waals surface area contributed by atoms with Crippen LogP contribution in [0.1, 0.15) is 30.3 Å². The zero-order valence-electron chi connectivity index (χ0n) is 14.7. The summed E-state index contributed by atoms with van der Waals surface area (Å²) in [7, 11) is 0. The minimum atomic E-state index is -1.51. The van der Waals surface area contributed by atoms with E-state index in [1.165, 1.54) is 11.8 Å². The minimum Gasteiger partial charge on any atom is -0.479 e. The van der Waals surface area contributed by atoms with Gasteiger partial charge in [0, 0.05) is 16.4 Å². The van der Waals surface area contributed by atoms with E-state index >= 15 is 0 Å². The zero-order valence-corrected chi connectivity index (χ0v) is 16.3. The van der Waals surface area contributed by atoms with Crippen LogP contribution in [0.4, 0.5) is 0 Å². The Kier molecular flexibility index (Phi) is 6.61. The van der Waals surface area contributed by atoms with E-state index < -0.39 is 17.4 Å². The Bertz CT molecular complexity index is 794. The standard InChI is InChI=1S/C18H20ClN3O3S/c1-4-18(16(24)25,13-5-7-14(19)8-6-13)22-15(23)10-26-17-20-11(2)9-12(3)21-17/h5-9H,4,10H2,1-3H3,(H,22,23)(H,24,25). The number of thioether (sulfide) groups is 1. The topological polar surface area (TPSA) is 92.2 Å². The van der Waals surface area contributed by atoms with Gasteiger partial charge in [-0.25, -0.2) is 14.8 Å². The Labute approximate surface area is 161 Å². The van der Waals surface area contributed by atoms with Crippen LogP contribution in [0, 0.1) is 13.8 Å². The van der Waals surface area contributed by atoms with Crippen molar-refractivity contribution in [2.24, 2.45) is 0 Å². The third-order valence-corrected chi connectivity index (χ3v) is 4.98. The van der Waals surface area contributed by atoms with E-state index in [4.69, 9.17) is 11.6 Å². The molecule has 0 spiro atoms. The number of carboxylic acid groups (broad SMARTS) is 1. The highest BCUT2D eigenvalue weighted by atomic mass is 35.5. The number of aryl methyl sites for hydroxylation is 2. The molecule has 0 aliphatic carbocycles. The fraction of sp³-hybridized carbons (Fsp3) is 0.333. The zero-order chi connectivity index (χ0) is 19.3. The molecule has 1 unspecified atom stereocenters. The highest BCUT2D eigenvalue weighted by Crippen LogP contribution is 2.27. The molecule has 2 rings (SSSR count). The molecule has 1 aromatic carbocycles. The van der Waals surface area contributed by atoms with Gasteiger partial charge in [-0.15, -0.1) is 0 Å². The van der Waals surface area contributed by atoms with Crippen LogP contribution >= 0.6 is 23.4 Å². The second kappa shape index (κ2) is 8.51. The van der Waals surface area contributed by atoms with Gasteiger partial charge in [-0.1, -0.05) is 42.4 Å². The molecule has 1 atom stereocenters. The fourth-order valence-corrected chi connectivity index (χ4v) is 3.47. The number of carboxylic acids is 1. The second-order valence-corrected chi connectivity index (χ2v) is 7.22. The van der Waals surface area contributed by atoms with Crippen LogP contribution in [-0.4, -0.2) is 32.7 Å². The normalized spacial score (nSPS) is 13.1. The van der Waals surface area contributed by atoms with E-state index in [0.29, 0.717) is 15.7 Å². The summed E-state index contributed by atoms with van der Waals surface area (Å²) in [5, 5.41) is 13.4. The molecule has 0 aliphatic rings. The molecule has 138 valence electrons. The van der Waals surface area contributed by atoms with Gasteiger partial charge in [0.1, 0.15) is 0 Å². The van der Waals surface area contributed by atoms with Crippen molar-refractivity contribution in [2.75, 3.05) is 5.75 Å². The van der Waals surface area contributed by atoms with E-state index in [1.54, 1.807) is 31.2 Å². The molecule has 6 nitrogen and oxygen atoms in total. The highest BCUT2D eigenvalue weighted by molar-refractivity contribution is 7.99. The van der Waals surface area contributed by atoms with Gasteiger partial charge in [0.05, 0.1) is 5.75 Å². The Morgan fingerprint density at radius 2 is 1.77 bits per heavy atom. The highest BCUT2D eigenvalue weighted by Gasteiger charge is 2.40. The molecule has 1 amide bonds. The second-order valence-electron chi connectivity index (χ2n) is 5.84. The molecule has 2 N–H and O–H groups in total. The van der Waals surface area contributed by atoms with E-state index in [9.17, 15) is 14.7 Å². The predicted molar refractivity (Wildman–Crippen MR) is 101 cm³/mol. The van der Waals surface area contributed by atoms with Crippen molar-refractivity contribution in [1.82, 2.24) is 15.3 Å². The third kappa shape index (κ3) is 4.74. The van der Waals surface area contributed by atoms with Crippen LogP contribution in [-0.2, 0) is 15.1 Å². The first kappa shape index (κ1) is 20.2. The van der Waals surface area contributed by atoms with Crippen molar-refractivity contribution in [1.29, 1.82) is 0 Å². The molecule has 0 aliphatic heterocycles. The molecule has 0 fully saturated rings. The van der Waals surface area contributed by atoms with Gasteiger partial charge in [0.2, 0.25) is 5.91 Å². The van der Waals surface area contributed by atoms with Gasteiger partial charge in [-0.2, -0.15) is 0 Å². The average Bonchev–Trinajstić information content (AvgIpc) is 2.57. The molecule has 0 saturated carbocycles. The van der Waals surface area contributed by atoms with Gasteiger partial charge in [-0.05, 0) is 44.0 Å². The molecule has 2 aromatic rings. The largest absolute Gasteiger partial charge is 0.479 e. The maximum Gasteiger partial charge on any atom is 0.334 e. The number of nitrogens with zero attached hydrogens (tertiary/aromatic N) is 2. The van der Waals surface area contributed by atoms with Crippen LogP contribution < -0.4 is 5.32 Å². The summed E-state index contributed by atoms with van der Waals surface area (Å²) in [6.07, 6.45) is 0.195. The van der Waals surface area contributed by atoms with Gasteiger partial charge < -0.3 is 10.4 Å². The first-order valence-corrected chi connectivity index (χ1v) is 9.38. The van der Waals surface area contributed by atoms with Crippen LogP contribution in [0.2, 0.25) is 5.02 Å². The summed E-state index contributed by atoms with van der Waals surface area (Å²) < 4.78 is 0. The number of aromatic nitrogens is 2. The lowest BCUT2D eigenvalue weighted by Gasteiger charge is -2.30. The molecule has 0 radical (unpaired) electrons. The van der Waals surface area contributed by atoms with E-state index in [-0.39, 0.29) is 12.2 Å². The summed E-state index contributed by atoms with van der Waals surface area (Å²) >= 11 is 7.05. The molecule has 1 heterocycles. The van der Waals surface area contributed by atoms with Gasteiger partial charge in [-0.3, -0.25) is 4.79 Å².